The maximum Gasteiger partial charge on any atom is 0.204 e. The van der Waals surface area contributed by atoms with Gasteiger partial charge in [-0.05, 0) is 276 Å². The van der Waals surface area contributed by atoms with Crippen LogP contribution in [0.4, 0.5) is 0 Å². The third-order valence-electron chi connectivity index (χ3n) is 24.1. The number of hydrogen-bond donors (Lipinski definition) is 2. The van der Waals surface area contributed by atoms with Gasteiger partial charge >= 0.3 is 0 Å². The molecule has 0 radical (unpaired) electrons. The van der Waals surface area contributed by atoms with E-state index in [1.165, 1.54) is 123 Å². The SMILES string of the molecule is CCC(C)c1ccc(O)cc1.CCC(C)c1ccc(O)cc1.CCC(C)c1ccc(OC(C)OC23CCCC(C2)C3)cc1.CCC(C)c1ccc(OC(C)OC2CCCCC2C)cc1.CCC(C)c1ccc(OC(OC2CCCCC2C)C(C)(C)C)cc1.CCOC(Oc1ccc(C(C)CC)cc1)C(C(C)C)C(C)C. The summed E-state index contributed by atoms with van der Waals surface area (Å²) in [6.45, 7) is 53.5. The second-order valence-corrected chi connectivity index (χ2v) is 34.8. The van der Waals surface area contributed by atoms with Crippen molar-refractivity contribution < 1.29 is 48.1 Å². The quantitative estimate of drug-likeness (QED) is 0.0408. The molecule has 0 heterocycles. The van der Waals surface area contributed by atoms with Crippen LogP contribution in [0.15, 0.2) is 146 Å². The fourth-order valence-electron chi connectivity index (χ4n) is 15.4. The van der Waals surface area contributed by atoms with Crippen molar-refractivity contribution in [3.05, 3.63) is 179 Å². The first kappa shape index (κ1) is 94.6. The molecule has 5 aliphatic carbocycles. The summed E-state index contributed by atoms with van der Waals surface area (Å²) in [5.41, 5.74) is 8.18. The standard InChI is InChI=1S/C22H36O2.C20H34O2.C19H28O2.C19H30O2.2C10H14O/c1-7-16(2)18-12-14-19(15-13-18)23-21(22(4,5)6)24-20-11-9-8-10-17(20)3;1-8-16(7)17-10-12-18(13-11-17)22-20(21-9-2)19(14(3)4)15(5)6;1-4-14(2)17-7-9-18(10-8-17)20-15(3)21-19-11-5-6-16(12-19)13-19;1-5-14(2)17-10-12-18(13-11-17)20-16(4)21-19-9-7-6-8-15(19)3;2*1-3-8(2)9-4-6-10(11)7-5-9/h12-17,20-21H,7-11H2,1-6H3;10-16,19-20H,8-9H2,1-7H3;7-10,14-16H,4-6,11-13H2,1-3H3;10-16,19H,5-9H2,1-4H3;2*4-8,11H,3H2,1-2H3. The zero-order valence-electron chi connectivity index (χ0n) is 73.6. The average Bonchev–Trinajstić information content (AvgIpc) is 0.765. The van der Waals surface area contributed by atoms with Crippen LogP contribution < -0.4 is 18.9 Å². The minimum Gasteiger partial charge on any atom is -0.508 e. The van der Waals surface area contributed by atoms with E-state index in [1.807, 2.05) is 45.0 Å². The van der Waals surface area contributed by atoms with Gasteiger partial charge in [-0.2, -0.15) is 0 Å². The third-order valence-corrected chi connectivity index (χ3v) is 24.1. The van der Waals surface area contributed by atoms with Gasteiger partial charge in [0, 0.05) is 17.9 Å². The lowest BCUT2D eigenvalue weighted by Crippen LogP contribution is -2.51. The Kier molecular flexibility index (Phi) is 42.0. The highest BCUT2D eigenvalue weighted by atomic mass is 16.7. The summed E-state index contributed by atoms with van der Waals surface area (Å²) in [5.74, 6) is 11.5. The Balaban J connectivity index is 0.000000241. The zero-order chi connectivity index (χ0) is 81.1. The summed E-state index contributed by atoms with van der Waals surface area (Å²) in [7, 11) is 0. The molecule has 14 unspecified atom stereocenters. The smallest absolute Gasteiger partial charge is 0.204 e. The van der Waals surface area contributed by atoms with Crippen molar-refractivity contribution in [3.63, 3.8) is 0 Å². The van der Waals surface area contributed by atoms with Crippen LogP contribution in [-0.4, -0.2) is 59.8 Å². The molecule has 6 aromatic rings. The highest BCUT2D eigenvalue weighted by Crippen LogP contribution is 2.52. The van der Waals surface area contributed by atoms with Crippen molar-refractivity contribution in [1.29, 1.82) is 0 Å². The fourth-order valence-corrected chi connectivity index (χ4v) is 15.4. The van der Waals surface area contributed by atoms with Crippen molar-refractivity contribution in [2.45, 2.75) is 367 Å². The molecule has 11 rings (SSSR count). The number of phenols is 2. The first-order valence-corrected chi connectivity index (χ1v) is 43.6. The van der Waals surface area contributed by atoms with Crippen molar-refractivity contribution in [1.82, 2.24) is 0 Å². The molecule has 10 heteroatoms. The predicted octanol–water partition coefficient (Wildman–Crippen LogP) is 29.0. The van der Waals surface area contributed by atoms with Crippen LogP contribution in [0.25, 0.3) is 0 Å². The molecule has 0 saturated heterocycles. The molecule has 5 fully saturated rings. The Morgan fingerprint density at radius 2 is 0.682 bits per heavy atom. The number of rotatable bonds is 31. The number of benzene rings is 6. The summed E-state index contributed by atoms with van der Waals surface area (Å²) < 4.78 is 49.0. The van der Waals surface area contributed by atoms with E-state index in [1.54, 1.807) is 24.3 Å². The van der Waals surface area contributed by atoms with Crippen LogP contribution in [0, 0.1) is 40.9 Å². The second kappa shape index (κ2) is 48.9. The van der Waals surface area contributed by atoms with Crippen LogP contribution in [0.1, 0.15) is 357 Å². The lowest BCUT2D eigenvalue weighted by Gasteiger charge is -2.52. The zero-order valence-corrected chi connectivity index (χ0v) is 73.6. The summed E-state index contributed by atoms with van der Waals surface area (Å²) in [6, 6.07) is 48.9. The van der Waals surface area contributed by atoms with Crippen molar-refractivity contribution in [2.24, 2.45) is 40.9 Å². The molecule has 0 aromatic heterocycles. The van der Waals surface area contributed by atoms with Gasteiger partial charge in [-0.1, -0.05) is 257 Å². The van der Waals surface area contributed by atoms with Crippen LogP contribution in [-0.2, 0) is 18.9 Å². The molecule has 0 spiro atoms. The lowest BCUT2D eigenvalue weighted by molar-refractivity contribution is -0.227. The van der Waals surface area contributed by atoms with Crippen molar-refractivity contribution >= 4 is 0 Å². The summed E-state index contributed by atoms with van der Waals surface area (Å²) in [4.78, 5) is 0. The van der Waals surface area contributed by atoms with Gasteiger partial charge in [-0.25, -0.2) is 0 Å². The Labute approximate surface area is 672 Å². The minimum atomic E-state index is -0.211. The lowest BCUT2D eigenvalue weighted by atomic mass is 9.61. The van der Waals surface area contributed by atoms with Gasteiger partial charge in [0.1, 0.15) is 34.5 Å². The normalized spacial score (nSPS) is 21.5. The number of fused-ring (bicyclic) bond motifs is 2. The number of hydrogen-bond acceptors (Lipinski definition) is 10. The molecule has 0 aliphatic heterocycles. The first-order valence-electron chi connectivity index (χ1n) is 43.6. The Hall–Kier alpha value is -6.04. The highest BCUT2D eigenvalue weighted by Gasteiger charge is 2.49. The van der Waals surface area contributed by atoms with E-state index in [-0.39, 0.29) is 36.2 Å². The van der Waals surface area contributed by atoms with Crippen molar-refractivity contribution in [2.75, 3.05) is 6.61 Å². The average molecular weight is 1520 g/mol. The topological polar surface area (TPSA) is 114 Å². The summed E-state index contributed by atoms with van der Waals surface area (Å²) in [6.07, 6.45) is 23.4. The van der Waals surface area contributed by atoms with Gasteiger partial charge in [0.2, 0.25) is 12.6 Å². The molecular weight excluding hydrogens is 1360 g/mol. The van der Waals surface area contributed by atoms with Gasteiger partial charge < -0.3 is 48.1 Å². The number of aromatic hydroxyl groups is 2. The molecule has 5 saturated carbocycles. The van der Waals surface area contributed by atoms with Crippen LogP contribution >= 0.6 is 0 Å². The van der Waals surface area contributed by atoms with E-state index in [0.717, 1.165) is 61.0 Å². The van der Waals surface area contributed by atoms with E-state index in [0.29, 0.717) is 95.4 Å². The molecule has 6 aromatic carbocycles. The van der Waals surface area contributed by atoms with E-state index in [2.05, 4.69) is 242 Å². The molecule has 5 aliphatic rings. The molecule has 2 N–H and O–H groups in total. The molecule has 110 heavy (non-hydrogen) atoms. The molecule has 2 bridgehead atoms. The largest absolute Gasteiger partial charge is 0.508 e. The number of phenolic OH excluding ortho intramolecular Hbond substituents is 2. The predicted molar refractivity (Wildman–Crippen MR) is 463 cm³/mol. The van der Waals surface area contributed by atoms with Gasteiger partial charge in [-0.15, -0.1) is 0 Å². The van der Waals surface area contributed by atoms with E-state index < -0.39 is 0 Å². The molecule has 0 amide bonds. The third kappa shape index (κ3) is 32.5. The van der Waals surface area contributed by atoms with Gasteiger partial charge in [0.25, 0.3) is 0 Å². The fraction of sp³-hybridized carbons (Fsp3) is 0.640. The highest BCUT2D eigenvalue weighted by molar-refractivity contribution is 5.33. The van der Waals surface area contributed by atoms with E-state index >= 15 is 0 Å². The maximum absolute atomic E-state index is 9.01. The number of ether oxygens (including phenoxy) is 8. The monoisotopic (exact) mass is 1520 g/mol. The van der Waals surface area contributed by atoms with Gasteiger partial charge in [0.15, 0.2) is 12.6 Å². The Morgan fingerprint density at radius 3 is 0.982 bits per heavy atom. The maximum atomic E-state index is 9.01. The van der Waals surface area contributed by atoms with E-state index in [4.69, 9.17) is 48.1 Å². The summed E-state index contributed by atoms with van der Waals surface area (Å²) in [5, 5.41) is 18.0. The van der Waals surface area contributed by atoms with Crippen molar-refractivity contribution in [3.8, 4) is 34.5 Å². The van der Waals surface area contributed by atoms with Crippen LogP contribution in [0.2, 0.25) is 0 Å². The van der Waals surface area contributed by atoms with Crippen LogP contribution in [0.3, 0.4) is 0 Å². The Bertz CT molecular complexity index is 3270. The molecule has 14 atom stereocenters. The molecule has 616 valence electrons. The second-order valence-electron chi connectivity index (χ2n) is 34.8. The summed E-state index contributed by atoms with van der Waals surface area (Å²) >= 11 is 0. The van der Waals surface area contributed by atoms with Crippen LogP contribution in [0.5, 0.6) is 34.5 Å². The minimum absolute atomic E-state index is 0.0491. The first-order chi connectivity index (χ1) is 52.4. The van der Waals surface area contributed by atoms with E-state index in [9.17, 15) is 0 Å². The van der Waals surface area contributed by atoms with Gasteiger partial charge in [-0.3, -0.25) is 0 Å². The van der Waals surface area contributed by atoms with Gasteiger partial charge in [0.05, 0.1) is 17.8 Å². The molecular formula is C100H156O10. The Morgan fingerprint density at radius 1 is 0.373 bits per heavy atom. The molecule has 10 nitrogen and oxygen atoms in total.